The Bertz CT molecular complexity index is 986. The summed E-state index contributed by atoms with van der Waals surface area (Å²) in [7, 11) is 0. The van der Waals surface area contributed by atoms with E-state index in [1.54, 1.807) is 6.92 Å². The van der Waals surface area contributed by atoms with Crippen LogP contribution >= 0.6 is 0 Å². The molecule has 0 amide bonds. The third-order valence-electron chi connectivity index (χ3n) is 5.11. The number of rotatable bonds is 6. The van der Waals surface area contributed by atoms with E-state index in [1.165, 1.54) is 4.57 Å². The minimum Gasteiger partial charge on any atom is -0.384 e. The second-order valence-electron chi connectivity index (χ2n) is 7.54. The van der Waals surface area contributed by atoms with E-state index in [0.29, 0.717) is 13.1 Å². The van der Waals surface area contributed by atoms with E-state index < -0.39 is 11.2 Å². The zero-order valence-electron chi connectivity index (χ0n) is 17.1. The van der Waals surface area contributed by atoms with E-state index in [0.717, 1.165) is 10.1 Å². The molecule has 0 bridgehead atoms. The molecule has 8 nitrogen and oxygen atoms in total. The first-order chi connectivity index (χ1) is 13.8. The van der Waals surface area contributed by atoms with Gasteiger partial charge >= 0.3 is 5.69 Å². The lowest BCUT2D eigenvalue weighted by Crippen LogP contribution is -2.49. The molecule has 0 spiro atoms. The number of nitrogen functional groups attached to an aromatic ring is 1. The normalized spacial score (nSPS) is 20.0. The number of ketones is 1. The smallest absolute Gasteiger partial charge is 0.332 e. The Morgan fingerprint density at radius 2 is 1.72 bits per heavy atom. The molecule has 8 heteroatoms. The monoisotopic (exact) mass is 400 g/mol. The predicted octanol–water partition coefficient (Wildman–Crippen LogP) is 0.952. The van der Waals surface area contributed by atoms with Crippen molar-refractivity contribution in [2.75, 3.05) is 25.4 Å². The van der Waals surface area contributed by atoms with Crippen molar-refractivity contribution >= 4 is 11.6 Å². The van der Waals surface area contributed by atoms with Gasteiger partial charge in [-0.15, -0.1) is 0 Å². The van der Waals surface area contributed by atoms with Gasteiger partial charge in [-0.3, -0.25) is 23.6 Å². The summed E-state index contributed by atoms with van der Waals surface area (Å²) in [6, 6.07) is 9.33. The van der Waals surface area contributed by atoms with Gasteiger partial charge in [-0.2, -0.15) is 0 Å². The second-order valence-corrected chi connectivity index (χ2v) is 7.54. The Morgan fingerprint density at radius 3 is 2.31 bits per heavy atom. The van der Waals surface area contributed by atoms with Gasteiger partial charge < -0.3 is 10.5 Å². The third-order valence-corrected chi connectivity index (χ3v) is 5.11. The summed E-state index contributed by atoms with van der Waals surface area (Å²) < 4.78 is 8.07. The second kappa shape index (κ2) is 8.75. The SMILES string of the molecule is CCn1c(=O)c(C(=O)CN2C[C@@H](C)O[C@@H](C)C2)c(N)n(Cc2ccccc2)c1=O. The average molecular weight is 400 g/mol. The lowest BCUT2D eigenvalue weighted by Gasteiger charge is -2.34. The molecular formula is C21H28N4O4. The van der Waals surface area contributed by atoms with Gasteiger partial charge in [-0.25, -0.2) is 4.79 Å². The van der Waals surface area contributed by atoms with E-state index in [-0.39, 0.29) is 49.0 Å². The first-order valence-corrected chi connectivity index (χ1v) is 9.89. The van der Waals surface area contributed by atoms with Gasteiger partial charge in [0.1, 0.15) is 11.4 Å². The van der Waals surface area contributed by atoms with Crippen molar-refractivity contribution in [1.82, 2.24) is 14.0 Å². The number of nitrogens with two attached hydrogens (primary N) is 1. The zero-order valence-corrected chi connectivity index (χ0v) is 17.1. The molecule has 1 saturated heterocycles. The van der Waals surface area contributed by atoms with Gasteiger partial charge in [0.2, 0.25) is 0 Å². The van der Waals surface area contributed by atoms with Crippen LogP contribution < -0.4 is 17.0 Å². The number of hydrogen-bond donors (Lipinski definition) is 1. The third kappa shape index (κ3) is 4.49. The first-order valence-electron chi connectivity index (χ1n) is 9.89. The maximum Gasteiger partial charge on any atom is 0.332 e. The molecule has 0 aliphatic carbocycles. The number of anilines is 1. The van der Waals surface area contributed by atoms with Crippen molar-refractivity contribution in [1.29, 1.82) is 0 Å². The van der Waals surface area contributed by atoms with Gasteiger partial charge in [-0.1, -0.05) is 30.3 Å². The van der Waals surface area contributed by atoms with Crippen molar-refractivity contribution < 1.29 is 9.53 Å². The quantitative estimate of drug-likeness (QED) is 0.725. The highest BCUT2D eigenvalue weighted by molar-refractivity contribution is 6.01. The van der Waals surface area contributed by atoms with Crippen LogP contribution in [0.2, 0.25) is 0 Å². The summed E-state index contributed by atoms with van der Waals surface area (Å²) in [5, 5.41) is 0. The molecule has 2 heterocycles. The van der Waals surface area contributed by atoms with Crippen LogP contribution in [-0.4, -0.2) is 51.7 Å². The van der Waals surface area contributed by atoms with Crippen molar-refractivity contribution in [3.05, 3.63) is 62.3 Å². The Morgan fingerprint density at radius 1 is 1.10 bits per heavy atom. The van der Waals surface area contributed by atoms with Crippen molar-refractivity contribution in [3.8, 4) is 0 Å². The lowest BCUT2D eigenvalue weighted by molar-refractivity contribution is -0.0652. The molecule has 1 fully saturated rings. The highest BCUT2D eigenvalue weighted by Gasteiger charge is 2.28. The number of Topliss-reactive ketones (excluding diaryl/α,β-unsaturated/α-hetero) is 1. The maximum atomic E-state index is 13.1. The van der Waals surface area contributed by atoms with Gasteiger partial charge in [0.15, 0.2) is 5.78 Å². The van der Waals surface area contributed by atoms with Gasteiger partial charge in [0, 0.05) is 19.6 Å². The Balaban J connectivity index is 1.99. The van der Waals surface area contributed by atoms with Crippen LogP contribution in [-0.2, 0) is 17.8 Å². The number of hydrogen-bond acceptors (Lipinski definition) is 6. The van der Waals surface area contributed by atoms with Crippen LogP contribution in [0.25, 0.3) is 0 Å². The molecule has 0 radical (unpaired) electrons. The number of nitrogens with zero attached hydrogens (tertiary/aromatic N) is 3. The number of carbonyl (C=O) groups excluding carboxylic acids is 1. The largest absolute Gasteiger partial charge is 0.384 e. The van der Waals surface area contributed by atoms with Crippen molar-refractivity contribution in [2.24, 2.45) is 0 Å². The van der Waals surface area contributed by atoms with Crippen LogP contribution in [0.4, 0.5) is 5.82 Å². The van der Waals surface area contributed by atoms with E-state index in [2.05, 4.69) is 0 Å². The Kier molecular flexibility index (Phi) is 6.34. The molecule has 29 heavy (non-hydrogen) atoms. The van der Waals surface area contributed by atoms with Gasteiger partial charge in [0.05, 0.1) is 25.3 Å². The van der Waals surface area contributed by atoms with E-state index in [4.69, 9.17) is 10.5 Å². The molecule has 0 saturated carbocycles. The predicted molar refractivity (Wildman–Crippen MR) is 111 cm³/mol. The summed E-state index contributed by atoms with van der Waals surface area (Å²) in [6.07, 6.45) is 0.00598. The molecule has 2 N–H and O–H groups in total. The Labute approximate surface area is 169 Å². The minimum absolute atomic E-state index is 0.00299. The van der Waals surface area contributed by atoms with Crippen LogP contribution in [0.15, 0.2) is 39.9 Å². The fourth-order valence-corrected chi connectivity index (χ4v) is 3.87. The molecule has 1 aliphatic rings. The topological polar surface area (TPSA) is 99.6 Å². The zero-order chi connectivity index (χ0) is 21.1. The van der Waals surface area contributed by atoms with Crippen LogP contribution in [0.3, 0.4) is 0 Å². The highest BCUT2D eigenvalue weighted by atomic mass is 16.5. The summed E-state index contributed by atoms with van der Waals surface area (Å²) in [5.74, 6) is -0.453. The minimum atomic E-state index is -0.626. The fourth-order valence-electron chi connectivity index (χ4n) is 3.87. The molecule has 1 aliphatic heterocycles. The van der Waals surface area contributed by atoms with E-state index in [9.17, 15) is 14.4 Å². The average Bonchev–Trinajstić information content (AvgIpc) is 2.65. The molecule has 2 aromatic rings. The molecule has 3 rings (SSSR count). The molecule has 1 aromatic carbocycles. The number of benzene rings is 1. The van der Waals surface area contributed by atoms with Gasteiger partial charge in [-0.05, 0) is 26.3 Å². The summed E-state index contributed by atoms with van der Waals surface area (Å²) in [5.41, 5.74) is 5.81. The molecule has 156 valence electrons. The molecule has 2 atom stereocenters. The lowest BCUT2D eigenvalue weighted by atomic mass is 10.1. The first kappa shape index (κ1) is 21.0. The fraction of sp³-hybridized carbons (Fsp3) is 0.476. The number of ether oxygens (including phenoxy) is 1. The summed E-state index contributed by atoms with van der Waals surface area (Å²) >= 11 is 0. The van der Waals surface area contributed by atoms with E-state index in [1.807, 2.05) is 49.1 Å². The highest BCUT2D eigenvalue weighted by Crippen LogP contribution is 2.14. The number of carbonyl (C=O) groups is 1. The van der Waals surface area contributed by atoms with Crippen molar-refractivity contribution in [2.45, 2.75) is 46.1 Å². The van der Waals surface area contributed by atoms with Crippen LogP contribution in [0, 0.1) is 0 Å². The summed E-state index contributed by atoms with van der Waals surface area (Å²) in [4.78, 5) is 40.7. The van der Waals surface area contributed by atoms with Crippen LogP contribution in [0.1, 0.15) is 36.7 Å². The number of aromatic nitrogens is 2. The Hall–Kier alpha value is -2.71. The van der Waals surface area contributed by atoms with Crippen LogP contribution in [0.5, 0.6) is 0 Å². The van der Waals surface area contributed by atoms with E-state index >= 15 is 0 Å². The molecule has 0 unspecified atom stereocenters. The number of morpholine rings is 1. The standard InChI is InChI=1S/C21H28N4O4/c1-4-24-20(27)18(17(26)13-23-10-14(2)29-15(3)11-23)19(22)25(21(24)28)12-16-8-6-5-7-9-16/h5-9,14-15H,4,10-13,22H2,1-3H3/t14-,15+. The maximum absolute atomic E-state index is 13.1. The van der Waals surface area contributed by atoms with Crippen molar-refractivity contribution in [3.63, 3.8) is 0 Å². The van der Waals surface area contributed by atoms with Gasteiger partial charge in [0.25, 0.3) is 5.56 Å². The molecule has 1 aromatic heterocycles. The molecular weight excluding hydrogens is 372 g/mol. The summed E-state index contributed by atoms with van der Waals surface area (Å²) in [6.45, 7) is 7.22.